The number of nitrogens with zero attached hydrogens (tertiary/aromatic N) is 3. The van der Waals surface area contributed by atoms with Crippen molar-refractivity contribution >= 4 is 40.9 Å². The van der Waals surface area contributed by atoms with E-state index in [-0.39, 0.29) is 12.1 Å². The molecule has 8 heteroatoms. The molecule has 1 saturated heterocycles. The summed E-state index contributed by atoms with van der Waals surface area (Å²) in [5, 5.41) is 6.60. The summed E-state index contributed by atoms with van der Waals surface area (Å²) in [5.74, 6) is 0.689. The second kappa shape index (κ2) is 7.68. The molecule has 1 aromatic carbocycles. The molecule has 6 nitrogen and oxygen atoms in total. The summed E-state index contributed by atoms with van der Waals surface area (Å²) in [5.41, 5.74) is 0.598. The van der Waals surface area contributed by atoms with E-state index in [2.05, 4.69) is 25.5 Å². The van der Waals surface area contributed by atoms with Gasteiger partial charge in [0.15, 0.2) is 0 Å². The van der Waals surface area contributed by atoms with Gasteiger partial charge in [-0.3, -0.25) is 0 Å². The molecule has 1 aliphatic rings. The first-order valence-corrected chi connectivity index (χ1v) is 8.42. The van der Waals surface area contributed by atoms with Crippen LogP contribution in [0, 0.1) is 0 Å². The predicted molar refractivity (Wildman–Crippen MR) is 95.9 cm³/mol. The first-order chi connectivity index (χ1) is 11.6. The van der Waals surface area contributed by atoms with Gasteiger partial charge in [0.25, 0.3) is 0 Å². The van der Waals surface area contributed by atoms with Gasteiger partial charge in [-0.25, -0.2) is 14.8 Å². The first kappa shape index (κ1) is 16.8. The van der Waals surface area contributed by atoms with E-state index in [1.54, 1.807) is 36.7 Å². The molecule has 2 amide bonds. The molecule has 1 atom stereocenters. The predicted octanol–water partition coefficient (Wildman–Crippen LogP) is 3.57. The molecule has 0 bridgehead atoms. The number of hydrogen-bond acceptors (Lipinski definition) is 4. The van der Waals surface area contributed by atoms with Crippen molar-refractivity contribution in [3.8, 4) is 0 Å². The van der Waals surface area contributed by atoms with Crippen molar-refractivity contribution in [1.82, 2.24) is 15.3 Å². The maximum absolute atomic E-state index is 12.2. The molecule has 0 radical (unpaired) electrons. The van der Waals surface area contributed by atoms with E-state index in [1.165, 1.54) is 0 Å². The Morgan fingerprint density at radius 2 is 2.00 bits per heavy atom. The van der Waals surface area contributed by atoms with Crippen molar-refractivity contribution in [1.29, 1.82) is 0 Å². The van der Waals surface area contributed by atoms with Crippen molar-refractivity contribution in [2.24, 2.45) is 0 Å². The summed E-state index contributed by atoms with van der Waals surface area (Å²) in [7, 11) is 0. The molecule has 0 saturated carbocycles. The van der Waals surface area contributed by atoms with E-state index in [0.29, 0.717) is 28.2 Å². The van der Waals surface area contributed by atoms with Gasteiger partial charge in [0.1, 0.15) is 0 Å². The van der Waals surface area contributed by atoms with E-state index in [1.807, 2.05) is 0 Å². The largest absolute Gasteiger partial charge is 0.339 e. The lowest BCUT2D eigenvalue weighted by molar-refractivity contribution is 0.246. The molecular weight excluding hydrogens is 349 g/mol. The van der Waals surface area contributed by atoms with Gasteiger partial charge < -0.3 is 15.5 Å². The van der Waals surface area contributed by atoms with Crippen molar-refractivity contribution in [3.63, 3.8) is 0 Å². The number of anilines is 2. The van der Waals surface area contributed by atoms with Gasteiger partial charge >= 0.3 is 6.03 Å². The van der Waals surface area contributed by atoms with Crippen LogP contribution in [0.5, 0.6) is 0 Å². The molecule has 0 aliphatic carbocycles. The number of carbonyl (C=O) groups is 1. The Labute approximate surface area is 150 Å². The molecule has 2 N–H and O–H groups in total. The Morgan fingerprint density at radius 3 is 2.75 bits per heavy atom. The summed E-state index contributed by atoms with van der Waals surface area (Å²) in [6.45, 7) is 1.56. The van der Waals surface area contributed by atoms with Crippen LogP contribution in [0.4, 0.5) is 16.4 Å². The monoisotopic (exact) mass is 365 g/mol. The number of amides is 2. The zero-order valence-electron chi connectivity index (χ0n) is 12.9. The number of urea groups is 1. The number of piperidine rings is 1. The minimum absolute atomic E-state index is 0.0327. The minimum Gasteiger partial charge on any atom is -0.339 e. The third-order valence-corrected chi connectivity index (χ3v) is 4.51. The van der Waals surface area contributed by atoms with E-state index >= 15 is 0 Å². The normalized spacial score (nSPS) is 17.4. The molecule has 1 aromatic heterocycles. The molecule has 126 valence electrons. The second-order valence-corrected chi connectivity index (χ2v) is 6.38. The second-order valence-electron chi connectivity index (χ2n) is 5.56. The van der Waals surface area contributed by atoms with Gasteiger partial charge in [0, 0.05) is 37.2 Å². The number of benzene rings is 1. The van der Waals surface area contributed by atoms with Crippen LogP contribution >= 0.6 is 23.2 Å². The Morgan fingerprint density at radius 1 is 1.21 bits per heavy atom. The van der Waals surface area contributed by atoms with Crippen molar-refractivity contribution in [2.45, 2.75) is 18.9 Å². The summed E-state index contributed by atoms with van der Waals surface area (Å²) < 4.78 is 0. The third-order valence-electron chi connectivity index (χ3n) is 3.77. The van der Waals surface area contributed by atoms with Gasteiger partial charge in [-0.2, -0.15) is 0 Å². The average Bonchev–Trinajstić information content (AvgIpc) is 2.59. The number of nitrogens with one attached hydrogen (secondary N) is 2. The fourth-order valence-electron chi connectivity index (χ4n) is 2.66. The third kappa shape index (κ3) is 4.27. The van der Waals surface area contributed by atoms with Crippen LogP contribution in [0.25, 0.3) is 0 Å². The van der Waals surface area contributed by atoms with Gasteiger partial charge in [-0.1, -0.05) is 23.2 Å². The summed E-state index contributed by atoms with van der Waals surface area (Å²) in [6.07, 6.45) is 5.32. The Balaban J connectivity index is 1.57. The zero-order valence-corrected chi connectivity index (χ0v) is 14.4. The lowest BCUT2D eigenvalue weighted by Gasteiger charge is -2.33. The Bertz CT molecular complexity index is 713. The van der Waals surface area contributed by atoms with Crippen LogP contribution in [-0.2, 0) is 0 Å². The average molecular weight is 366 g/mol. The topological polar surface area (TPSA) is 70.2 Å². The van der Waals surface area contributed by atoms with Gasteiger partial charge in [-0.15, -0.1) is 0 Å². The van der Waals surface area contributed by atoms with Crippen molar-refractivity contribution in [3.05, 3.63) is 46.7 Å². The number of hydrogen-bond donors (Lipinski definition) is 2. The molecule has 1 aliphatic heterocycles. The number of carbonyl (C=O) groups excluding carboxylic acids is 1. The summed E-state index contributed by atoms with van der Waals surface area (Å²) >= 11 is 11.8. The fourth-order valence-corrected chi connectivity index (χ4v) is 2.96. The molecular formula is C16H17Cl2N5O. The standard InChI is InChI=1S/C16H17Cl2N5O/c17-13-5-4-11(9-14(13)18)21-16(24)22-12-3-1-8-23(10-12)15-19-6-2-7-20-15/h2,4-7,9,12H,1,3,8,10H2,(H2,21,22,24). The highest BCUT2D eigenvalue weighted by Gasteiger charge is 2.23. The molecule has 24 heavy (non-hydrogen) atoms. The highest BCUT2D eigenvalue weighted by Crippen LogP contribution is 2.25. The Kier molecular flexibility index (Phi) is 5.37. The van der Waals surface area contributed by atoms with Gasteiger partial charge in [0.05, 0.1) is 10.0 Å². The molecule has 3 rings (SSSR count). The van der Waals surface area contributed by atoms with Crippen LogP contribution in [-0.4, -0.2) is 35.1 Å². The summed E-state index contributed by atoms with van der Waals surface area (Å²) in [6, 6.07) is 6.52. The van der Waals surface area contributed by atoms with Crippen LogP contribution in [0.1, 0.15) is 12.8 Å². The maximum atomic E-state index is 12.2. The SMILES string of the molecule is O=C(Nc1ccc(Cl)c(Cl)c1)NC1CCCN(c2ncccn2)C1. The number of halogens is 2. The smallest absolute Gasteiger partial charge is 0.319 e. The maximum Gasteiger partial charge on any atom is 0.319 e. The van der Waals surface area contributed by atoms with E-state index in [0.717, 1.165) is 19.4 Å². The van der Waals surface area contributed by atoms with E-state index in [4.69, 9.17) is 23.2 Å². The highest BCUT2D eigenvalue weighted by molar-refractivity contribution is 6.42. The fraction of sp³-hybridized carbons (Fsp3) is 0.312. The molecule has 1 fully saturated rings. The van der Waals surface area contributed by atoms with Crippen LogP contribution in [0.15, 0.2) is 36.7 Å². The first-order valence-electron chi connectivity index (χ1n) is 7.66. The zero-order chi connectivity index (χ0) is 16.9. The lowest BCUT2D eigenvalue weighted by Crippen LogP contribution is -2.49. The number of aromatic nitrogens is 2. The van der Waals surface area contributed by atoms with Crippen LogP contribution in [0.2, 0.25) is 10.0 Å². The van der Waals surface area contributed by atoms with E-state index in [9.17, 15) is 4.79 Å². The van der Waals surface area contributed by atoms with Gasteiger partial charge in [0.2, 0.25) is 5.95 Å². The molecule has 2 heterocycles. The Hall–Kier alpha value is -2.05. The summed E-state index contributed by atoms with van der Waals surface area (Å²) in [4.78, 5) is 22.8. The number of rotatable bonds is 3. The van der Waals surface area contributed by atoms with Crippen molar-refractivity contribution < 1.29 is 4.79 Å². The van der Waals surface area contributed by atoms with Crippen molar-refractivity contribution in [2.75, 3.05) is 23.3 Å². The lowest BCUT2D eigenvalue weighted by atomic mass is 10.1. The van der Waals surface area contributed by atoms with E-state index < -0.39 is 0 Å². The van der Waals surface area contributed by atoms with Crippen LogP contribution < -0.4 is 15.5 Å². The molecule has 0 spiro atoms. The van der Waals surface area contributed by atoms with Crippen LogP contribution in [0.3, 0.4) is 0 Å². The highest BCUT2D eigenvalue weighted by atomic mass is 35.5. The quantitative estimate of drug-likeness (QED) is 0.871. The van der Waals surface area contributed by atoms with Gasteiger partial charge in [-0.05, 0) is 37.1 Å². The molecule has 1 unspecified atom stereocenters. The minimum atomic E-state index is -0.269. The molecule has 2 aromatic rings.